The lowest BCUT2D eigenvalue weighted by Crippen LogP contribution is -2.06. The van der Waals surface area contributed by atoms with Gasteiger partial charge < -0.3 is 4.98 Å². The Morgan fingerprint density at radius 2 is 1.94 bits per heavy atom. The van der Waals surface area contributed by atoms with Crippen LogP contribution in [-0.4, -0.2) is 25.2 Å². The summed E-state index contributed by atoms with van der Waals surface area (Å²) in [4.78, 5) is 26.0. The molecule has 0 bridgehead atoms. The number of rotatable bonds is 1. The maximum atomic E-state index is 11.2. The van der Waals surface area contributed by atoms with Gasteiger partial charge in [0.2, 0.25) is 5.56 Å². The Balaban J connectivity index is 2.25. The van der Waals surface area contributed by atoms with Crippen LogP contribution in [-0.2, 0) is 0 Å². The molecule has 3 rings (SSSR count). The lowest BCUT2D eigenvalue weighted by molar-refractivity contribution is 0.719. The number of benzene rings is 1. The maximum absolute atomic E-state index is 11.2. The summed E-state index contributed by atoms with van der Waals surface area (Å²) >= 11 is 0. The van der Waals surface area contributed by atoms with Crippen LogP contribution in [0.2, 0.25) is 0 Å². The van der Waals surface area contributed by atoms with Crippen LogP contribution in [0.1, 0.15) is 0 Å². The molecule has 7 nitrogen and oxygen atoms in total. The summed E-state index contributed by atoms with van der Waals surface area (Å²) in [6.45, 7) is 0. The second kappa shape index (κ2) is 3.41. The van der Waals surface area contributed by atoms with Crippen molar-refractivity contribution < 1.29 is 0 Å². The first-order valence-corrected chi connectivity index (χ1v) is 4.88. The van der Waals surface area contributed by atoms with Gasteiger partial charge in [-0.1, -0.05) is 11.2 Å². The minimum atomic E-state index is -0.522. The third-order valence-electron chi connectivity index (χ3n) is 2.38. The van der Waals surface area contributed by atoms with Crippen molar-refractivity contribution >= 4 is 10.9 Å². The summed E-state index contributed by atoms with van der Waals surface area (Å²) < 4.78 is 0. The van der Waals surface area contributed by atoms with Crippen molar-refractivity contribution in [1.82, 2.24) is 25.2 Å². The predicted molar refractivity (Wildman–Crippen MR) is 60.1 cm³/mol. The minimum absolute atomic E-state index is 0.179. The van der Waals surface area contributed by atoms with Gasteiger partial charge in [-0.2, -0.15) is 4.80 Å². The Morgan fingerprint density at radius 1 is 1.12 bits per heavy atom. The first-order chi connectivity index (χ1) is 8.22. The van der Waals surface area contributed by atoms with Crippen molar-refractivity contribution in [1.29, 1.82) is 0 Å². The van der Waals surface area contributed by atoms with Gasteiger partial charge in [-0.3, -0.25) is 4.79 Å². The topological polar surface area (TPSA) is 96.4 Å². The number of nitrogens with one attached hydrogen (secondary N) is 2. The first kappa shape index (κ1) is 9.52. The van der Waals surface area contributed by atoms with E-state index in [0.29, 0.717) is 11.2 Å². The number of fused-ring (bicyclic) bond motifs is 1. The number of hydrogen-bond donors (Lipinski definition) is 2. The molecule has 0 aliphatic heterocycles. The zero-order chi connectivity index (χ0) is 11.8. The van der Waals surface area contributed by atoms with Gasteiger partial charge in [0.05, 0.1) is 11.2 Å². The zero-order valence-electron chi connectivity index (χ0n) is 8.54. The Morgan fingerprint density at radius 3 is 2.71 bits per heavy atom. The van der Waals surface area contributed by atoms with E-state index in [1.165, 1.54) is 10.9 Å². The zero-order valence-corrected chi connectivity index (χ0v) is 8.54. The molecule has 1 aromatic carbocycles. The maximum Gasteiger partial charge on any atom is 0.381 e. The molecule has 0 saturated carbocycles. The molecule has 2 N–H and O–H groups in total. The Kier molecular flexibility index (Phi) is 1.91. The number of tetrazole rings is 1. The second-order valence-corrected chi connectivity index (χ2v) is 3.51. The van der Waals surface area contributed by atoms with E-state index in [-0.39, 0.29) is 5.56 Å². The summed E-state index contributed by atoms with van der Waals surface area (Å²) in [6, 6.07) is 8.48. The van der Waals surface area contributed by atoms with E-state index in [0.717, 1.165) is 5.39 Å². The third kappa shape index (κ3) is 1.63. The van der Waals surface area contributed by atoms with Crippen molar-refractivity contribution in [2.75, 3.05) is 0 Å². The predicted octanol–water partition coefficient (Wildman–Crippen LogP) is -0.203. The monoisotopic (exact) mass is 229 g/mol. The molecule has 0 atom stereocenters. The Bertz CT molecular complexity index is 798. The summed E-state index contributed by atoms with van der Waals surface area (Å²) in [7, 11) is 0. The van der Waals surface area contributed by atoms with Crippen LogP contribution in [0.15, 0.2) is 39.9 Å². The fraction of sp³-hybridized carbons (Fsp3) is 0. The molecular weight excluding hydrogens is 222 g/mol. The number of pyridine rings is 1. The standard InChI is InChI=1S/C10H7N5O2/c16-9-4-2-6-1-3-7(5-8(6)11-9)15-13-10(17)12-14-15/h1-5H,(H,11,16)(H,13,17). The van der Waals surface area contributed by atoms with Gasteiger partial charge in [0.25, 0.3) is 0 Å². The van der Waals surface area contributed by atoms with Gasteiger partial charge >= 0.3 is 5.69 Å². The molecule has 0 unspecified atom stereocenters. The fourth-order valence-electron chi connectivity index (χ4n) is 1.61. The smallest absolute Gasteiger partial charge is 0.322 e. The van der Waals surface area contributed by atoms with Crippen LogP contribution in [0.3, 0.4) is 0 Å². The molecule has 2 aromatic heterocycles. The van der Waals surface area contributed by atoms with Crippen LogP contribution in [0.25, 0.3) is 16.6 Å². The summed E-state index contributed by atoms with van der Waals surface area (Å²) in [5, 5.41) is 10.3. The SMILES string of the molecule is O=c1ccc2ccc(-n3nnc(=O)[nH]3)cc2[nH]1. The Labute approximate surface area is 93.7 Å². The highest BCUT2D eigenvalue weighted by atomic mass is 16.2. The summed E-state index contributed by atoms with van der Waals surface area (Å²) in [6.07, 6.45) is 0. The Hall–Kier alpha value is -2.70. The van der Waals surface area contributed by atoms with Crippen molar-refractivity contribution in [3.63, 3.8) is 0 Å². The van der Waals surface area contributed by atoms with E-state index in [1.54, 1.807) is 18.2 Å². The van der Waals surface area contributed by atoms with E-state index in [2.05, 4.69) is 20.4 Å². The fourth-order valence-corrected chi connectivity index (χ4v) is 1.61. The largest absolute Gasteiger partial charge is 0.381 e. The molecular formula is C10H7N5O2. The molecule has 0 aliphatic carbocycles. The van der Waals surface area contributed by atoms with Gasteiger partial charge in [-0.05, 0) is 28.8 Å². The molecule has 17 heavy (non-hydrogen) atoms. The molecule has 0 aliphatic rings. The van der Waals surface area contributed by atoms with Gasteiger partial charge in [0.15, 0.2) is 0 Å². The van der Waals surface area contributed by atoms with E-state index in [9.17, 15) is 9.59 Å². The van der Waals surface area contributed by atoms with Crippen LogP contribution in [0.5, 0.6) is 0 Å². The van der Waals surface area contributed by atoms with Gasteiger partial charge in [0, 0.05) is 6.07 Å². The van der Waals surface area contributed by atoms with Crippen LogP contribution in [0.4, 0.5) is 0 Å². The summed E-state index contributed by atoms with van der Waals surface area (Å²) in [5.41, 5.74) is 0.591. The molecule has 7 heteroatoms. The molecule has 0 saturated heterocycles. The number of H-pyrrole nitrogens is 2. The van der Waals surface area contributed by atoms with Crippen molar-refractivity contribution in [3.8, 4) is 5.69 Å². The van der Waals surface area contributed by atoms with Gasteiger partial charge in [0.1, 0.15) is 0 Å². The first-order valence-electron chi connectivity index (χ1n) is 4.88. The minimum Gasteiger partial charge on any atom is -0.322 e. The third-order valence-corrected chi connectivity index (χ3v) is 2.38. The molecule has 84 valence electrons. The van der Waals surface area contributed by atoms with Crippen LogP contribution >= 0.6 is 0 Å². The molecule has 0 spiro atoms. The average Bonchev–Trinajstić information content (AvgIpc) is 2.75. The molecule has 3 aromatic rings. The molecule has 0 fully saturated rings. The average molecular weight is 229 g/mol. The highest BCUT2D eigenvalue weighted by Crippen LogP contribution is 2.13. The number of nitrogens with zero attached hydrogens (tertiary/aromatic N) is 3. The van der Waals surface area contributed by atoms with Crippen LogP contribution < -0.4 is 11.2 Å². The van der Waals surface area contributed by atoms with Crippen LogP contribution in [0, 0.1) is 0 Å². The number of hydrogen-bond acceptors (Lipinski definition) is 4. The van der Waals surface area contributed by atoms with Crippen molar-refractivity contribution in [3.05, 3.63) is 51.2 Å². The normalized spacial score (nSPS) is 10.8. The van der Waals surface area contributed by atoms with Crippen molar-refractivity contribution in [2.45, 2.75) is 0 Å². The highest BCUT2D eigenvalue weighted by molar-refractivity contribution is 5.80. The number of aromatic amines is 2. The van der Waals surface area contributed by atoms with E-state index < -0.39 is 5.69 Å². The van der Waals surface area contributed by atoms with Gasteiger partial charge in [-0.15, -0.1) is 0 Å². The number of aromatic nitrogens is 5. The molecule has 0 amide bonds. The lowest BCUT2D eigenvalue weighted by Gasteiger charge is -2.01. The van der Waals surface area contributed by atoms with E-state index in [4.69, 9.17) is 0 Å². The van der Waals surface area contributed by atoms with E-state index >= 15 is 0 Å². The molecule has 2 heterocycles. The summed E-state index contributed by atoms with van der Waals surface area (Å²) in [5.74, 6) is 0. The lowest BCUT2D eigenvalue weighted by atomic mass is 10.2. The van der Waals surface area contributed by atoms with Crippen molar-refractivity contribution in [2.24, 2.45) is 0 Å². The quantitative estimate of drug-likeness (QED) is 0.603. The second-order valence-electron chi connectivity index (χ2n) is 3.51. The molecule has 0 radical (unpaired) electrons. The highest BCUT2D eigenvalue weighted by Gasteiger charge is 2.01. The van der Waals surface area contributed by atoms with Gasteiger partial charge in [-0.25, -0.2) is 9.89 Å². The van der Waals surface area contributed by atoms with E-state index in [1.807, 2.05) is 6.07 Å².